The molecule has 34 heavy (non-hydrogen) atoms. The zero-order valence-corrected chi connectivity index (χ0v) is 19.9. The van der Waals surface area contributed by atoms with Crippen molar-refractivity contribution in [3.8, 4) is 16.9 Å². The Morgan fingerprint density at radius 3 is 2.35 bits per heavy atom. The van der Waals surface area contributed by atoms with E-state index in [4.69, 9.17) is 0 Å². The number of anilines is 1. The minimum Gasteiger partial charge on any atom is -0.428 e. The molecule has 2 nitrogen and oxygen atoms in total. The average Bonchev–Trinajstić information content (AvgIpc) is 2.84. The monoisotopic (exact) mass is 473 g/mol. The molecule has 0 saturated carbocycles. The summed E-state index contributed by atoms with van der Waals surface area (Å²) in [6, 6.07) is 20.5. The second-order valence-corrected chi connectivity index (χ2v) is 8.38. The maximum absolute atomic E-state index is 13.3. The van der Waals surface area contributed by atoms with Gasteiger partial charge in [-0.2, -0.15) is 17.6 Å². The molecule has 0 fully saturated rings. The van der Waals surface area contributed by atoms with Gasteiger partial charge >= 0.3 is 12.5 Å². The molecule has 1 heterocycles. The summed E-state index contributed by atoms with van der Waals surface area (Å²) in [4.78, 5) is 0. The van der Waals surface area contributed by atoms with Gasteiger partial charge in [-0.15, -0.1) is 0 Å². The van der Waals surface area contributed by atoms with E-state index >= 15 is 0 Å². The molecule has 0 amide bonds. The fourth-order valence-corrected chi connectivity index (χ4v) is 4.12. The summed E-state index contributed by atoms with van der Waals surface area (Å²) in [6.45, 7) is 8.33. The van der Waals surface area contributed by atoms with Gasteiger partial charge in [0.15, 0.2) is 0 Å². The number of fused-ring (bicyclic) bond motifs is 1. The van der Waals surface area contributed by atoms with Crippen molar-refractivity contribution in [3.05, 3.63) is 83.4 Å². The highest BCUT2D eigenvalue weighted by Gasteiger charge is 2.44. The second kappa shape index (κ2) is 10.9. The molecule has 4 rings (SSSR count). The van der Waals surface area contributed by atoms with Crippen molar-refractivity contribution in [2.24, 2.45) is 0 Å². The Bertz CT molecular complexity index is 1100. The van der Waals surface area contributed by atoms with Crippen LogP contribution in [0, 0.1) is 0 Å². The van der Waals surface area contributed by atoms with Gasteiger partial charge in [0.05, 0.1) is 6.04 Å². The zero-order chi connectivity index (χ0) is 24.9. The molecule has 1 N–H and O–H groups in total. The maximum Gasteiger partial charge on any atom is 0.461 e. The van der Waals surface area contributed by atoms with Gasteiger partial charge in [-0.05, 0) is 64.8 Å². The van der Waals surface area contributed by atoms with Crippen LogP contribution >= 0.6 is 0 Å². The molecule has 3 aromatic carbocycles. The minimum absolute atomic E-state index is 0.136. The lowest BCUT2D eigenvalue weighted by atomic mass is 9.87. The van der Waals surface area contributed by atoms with Crippen molar-refractivity contribution in [3.63, 3.8) is 0 Å². The van der Waals surface area contributed by atoms with Crippen molar-refractivity contribution >= 4 is 5.69 Å². The van der Waals surface area contributed by atoms with Gasteiger partial charge in [-0.25, -0.2) is 0 Å². The first-order chi connectivity index (χ1) is 16.2. The average molecular weight is 474 g/mol. The predicted octanol–water partition coefficient (Wildman–Crippen LogP) is 8.84. The third-order valence-electron chi connectivity index (χ3n) is 5.82. The normalized spacial score (nSPS) is 15.3. The third-order valence-corrected chi connectivity index (χ3v) is 5.82. The van der Waals surface area contributed by atoms with Crippen LogP contribution < -0.4 is 10.1 Å². The molecule has 1 unspecified atom stereocenters. The molecule has 182 valence electrons. The number of halogens is 4. The number of rotatable bonds is 6. The third kappa shape index (κ3) is 5.72. The summed E-state index contributed by atoms with van der Waals surface area (Å²) in [6.07, 6.45) is -6.88. The van der Waals surface area contributed by atoms with E-state index in [0.717, 1.165) is 24.1 Å². The topological polar surface area (TPSA) is 21.3 Å². The predicted molar refractivity (Wildman–Crippen MR) is 130 cm³/mol. The molecule has 6 heteroatoms. The van der Waals surface area contributed by atoms with E-state index in [-0.39, 0.29) is 11.8 Å². The zero-order valence-electron chi connectivity index (χ0n) is 19.9. The van der Waals surface area contributed by atoms with Crippen LogP contribution in [-0.2, 0) is 6.42 Å². The summed E-state index contributed by atoms with van der Waals surface area (Å²) in [5.74, 6) is 0.156. The van der Waals surface area contributed by atoms with Gasteiger partial charge in [-0.3, -0.25) is 0 Å². The Balaban J connectivity index is 0.00000158. The fraction of sp³-hybridized carbons (Fsp3) is 0.357. The number of hydrogen-bond donors (Lipinski definition) is 1. The van der Waals surface area contributed by atoms with Crippen LogP contribution in [0.15, 0.2) is 66.7 Å². The number of hydrogen-bond acceptors (Lipinski definition) is 2. The molecule has 0 aliphatic carbocycles. The van der Waals surface area contributed by atoms with E-state index in [9.17, 15) is 17.6 Å². The van der Waals surface area contributed by atoms with Crippen LogP contribution in [0.25, 0.3) is 11.1 Å². The molecule has 0 spiro atoms. The molecular weight excluding hydrogens is 442 g/mol. The van der Waals surface area contributed by atoms with E-state index in [1.807, 2.05) is 26.0 Å². The van der Waals surface area contributed by atoms with E-state index in [1.165, 1.54) is 34.9 Å². The number of nitrogens with one attached hydrogen (secondary N) is 1. The van der Waals surface area contributed by atoms with Crippen LogP contribution in [-0.4, -0.2) is 12.5 Å². The molecule has 0 aromatic heterocycles. The summed E-state index contributed by atoms with van der Waals surface area (Å²) >= 11 is 0. The van der Waals surface area contributed by atoms with Crippen LogP contribution in [0.4, 0.5) is 23.2 Å². The molecule has 1 aliphatic rings. The van der Waals surface area contributed by atoms with E-state index in [1.54, 1.807) is 6.07 Å². The second-order valence-electron chi connectivity index (χ2n) is 8.38. The number of alkyl halides is 4. The van der Waals surface area contributed by atoms with Crippen LogP contribution in [0.1, 0.15) is 62.8 Å². The Morgan fingerprint density at radius 1 is 0.941 bits per heavy atom. The summed E-state index contributed by atoms with van der Waals surface area (Å²) < 4.78 is 55.8. The van der Waals surface area contributed by atoms with Gasteiger partial charge in [-0.1, -0.05) is 76.2 Å². The Labute approximate surface area is 199 Å². The standard InChI is InChI=1S/C26H25F4NO.C2H6/c1-16(2)17-6-3-7-18(14-17)21-10-5-11-24-22(21)12-13-23(31-24)19-8-4-9-20(15-19)32-26(29,30)25(27)28;1-2/h3-11,14-16,23,25,31H,12-13H2,1-2H3;1-2H3. The smallest absolute Gasteiger partial charge is 0.428 e. The number of ether oxygens (including phenoxy) is 1. The first-order valence-corrected chi connectivity index (χ1v) is 11.7. The molecule has 0 saturated heterocycles. The summed E-state index contributed by atoms with van der Waals surface area (Å²) in [5, 5.41) is 3.48. The largest absolute Gasteiger partial charge is 0.461 e. The van der Waals surface area contributed by atoms with Crippen molar-refractivity contribution in [2.45, 2.75) is 65.0 Å². The van der Waals surface area contributed by atoms with Gasteiger partial charge in [0.25, 0.3) is 0 Å². The first-order valence-electron chi connectivity index (χ1n) is 11.7. The van der Waals surface area contributed by atoms with Crippen molar-refractivity contribution in [2.75, 3.05) is 5.32 Å². The highest BCUT2D eigenvalue weighted by atomic mass is 19.3. The molecule has 1 atom stereocenters. The summed E-state index contributed by atoms with van der Waals surface area (Å²) in [5.41, 5.74) is 6.52. The molecule has 0 bridgehead atoms. The lowest BCUT2D eigenvalue weighted by molar-refractivity contribution is -0.253. The van der Waals surface area contributed by atoms with E-state index < -0.39 is 12.5 Å². The first kappa shape index (κ1) is 25.6. The van der Waals surface area contributed by atoms with Crippen molar-refractivity contribution in [1.82, 2.24) is 0 Å². The van der Waals surface area contributed by atoms with Crippen LogP contribution in [0.2, 0.25) is 0 Å². The highest BCUT2D eigenvalue weighted by molar-refractivity contribution is 5.75. The van der Waals surface area contributed by atoms with Gasteiger partial charge in [0.1, 0.15) is 5.75 Å². The molecule has 1 aliphatic heterocycles. The fourth-order valence-electron chi connectivity index (χ4n) is 4.12. The van der Waals surface area contributed by atoms with Crippen molar-refractivity contribution < 1.29 is 22.3 Å². The molecular formula is C28H31F4NO. The van der Waals surface area contributed by atoms with Gasteiger partial charge < -0.3 is 10.1 Å². The maximum atomic E-state index is 13.3. The lowest BCUT2D eigenvalue weighted by Crippen LogP contribution is -2.33. The highest BCUT2D eigenvalue weighted by Crippen LogP contribution is 2.39. The summed E-state index contributed by atoms with van der Waals surface area (Å²) in [7, 11) is 0. The quantitative estimate of drug-likeness (QED) is 0.361. The minimum atomic E-state index is -4.52. The molecule has 0 radical (unpaired) electrons. The van der Waals surface area contributed by atoms with Gasteiger partial charge in [0, 0.05) is 5.69 Å². The Kier molecular flexibility index (Phi) is 8.24. The van der Waals surface area contributed by atoms with Crippen molar-refractivity contribution in [1.29, 1.82) is 0 Å². The van der Waals surface area contributed by atoms with Gasteiger partial charge in [0.2, 0.25) is 0 Å². The number of benzene rings is 3. The Morgan fingerprint density at radius 2 is 1.65 bits per heavy atom. The SMILES string of the molecule is CC.CC(C)c1cccc(-c2cccc3c2CCC(c2cccc(OC(F)(F)C(F)F)c2)N3)c1. The lowest BCUT2D eigenvalue weighted by Gasteiger charge is -2.29. The van der Waals surface area contributed by atoms with E-state index in [0.29, 0.717) is 11.5 Å². The molecule has 3 aromatic rings. The van der Waals surface area contributed by atoms with Crippen LogP contribution in [0.3, 0.4) is 0 Å². The Hall–Kier alpha value is -3.02. The van der Waals surface area contributed by atoms with Crippen LogP contribution in [0.5, 0.6) is 5.75 Å². The van der Waals surface area contributed by atoms with E-state index in [2.05, 4.69) is 54.2 Å².